The summed E-state index contributed by atoms with van der Waals surface area (Å²) in [7, 11) is 0. The molecule has 0 bridgehead atoms. The summed E-state index contributed by atoms with van der Waals surface area (Å²) < 4.78 is 0. The molecule has 0 radical (unpaired) electrons. The number of hydrogen-bond donors (Lipinski definition) is 2. The number of hydrogen-bond acceptors (Lipinski definition) is 3. The molecule has 3 heteroatoms. The van der Waals surface area contributed by atoms with Gasteiger partial charge in [-0.05, 0) is 12.5 Å². The van der Waals surface area contributed by atoms with E-state index in [1.54, 1.807) is 0 Å². The molecule has 0 aliphatic carbocycles. The first kappa shape index (κ1) is 17.6. The van der Waals surface area contributed by atoms with Gasteiger partial charge in [0.2, 0.25) is 0 Å². The Bertz CT molecular complexity index is 438. The highest BCUT2D eigenvalue weighted by Crippen LogP contribution is 2.38. The van der Waals surface area contributed by atoms with Crippen LogP contribution < -0.4 is 0 Å². The lowest BCUT2D eigenvalue weighted by Crippen LogP contribution is -2.44. The van der Waals surface area contributed by atoms with Gasteiger partial charge in [0.15, 0.2) is 0 Å². The summed E-state index contributed by atoms with van der Waals surface area (Å²) >= 11 is 0. The van der Waals surface area contributed by atoms with Gasteiger partial charge in [-0.3, -0.25) is 4.90 Å². The van der Waals surface area contributed by atoms with E-state index in [1.807, 2.05) is 56.3 Å². The van der Waals surface area contributed by atoms with Gasteiger partial charge in [-0.2, -0.15) is 0 Å². The minimum Gasteiger partial charge on any atom is -0.396 e. The SMILES string of the molecule is C=CCN(CC=CC)C(c1ccccc1)C(C)(CO)CO. The lowest BCUT2D eigenvalue weighted by Gasteiger charge is -2.42. The van der Waals surface area contributed by atoms with Crippen molar-refractivity contribution in [2.45, 2.75) is 19.9 Å². The van der Waals surface area contributed by atoms with Crippen LogP contribution in [0.15, 0.2) is 55.1 Å². The Kier molecular flexibility index (Phi) is 7.37. The molecule has 0 aliphatic rings. The molecule has 1 aromatic carbocycles. The van der Waals surface area contributed by atoms with Gasteiger partial charge in [0.1, 0.15) is 0 Å². The lowest BCUT2D eigenvalue weighted by atomic mass is 9.78. The molecule has 21 heavy (non-hydrogen) atoms. The van der Waals surface area contributed by atoms with Crippen LogP contribution in [0.1, 0.15) is 25.5 Å². The van der Waals surface area contributed by atoms with Crippen molar-refractivity contribution in [3.8, 4) is 0 Å². The molecule has 0 spiro atoms. The van der Waals surface area contributed by atoms with Gasteiger partial charge in [0, 0.05) is 24.5 Å². The van der Waals surface area contributed by atoms with Crippen LogP contribution in [0.2, 0.25) is 0 Å². The third-order valence-corrected chi connectivity index (χ3v) is 3.80. The number of rotatable bonds is 9. The zero-order valence-corrected chi connectivity index (χ0v) is 13.1. The molecule has 3 nitrogen and oxygen atoms in total. The molecule has 2 N–H and O–H groups in total. The van der Waals surface area contributed by atoms with E-state index in [4.69, 9.17) is 0 Å². The molecule has 116 valence electrons. The molecular weight excluding hydrogens is 262 g/mol. The van der Waals surface area contributed by atoms with Gasteiger partial charge < -0.3 is 10.2 Å². The highest BCUT2D eigenvalue weighted by atomic mass is 16.3. The molecule has 1 unspecified atom stereocenters. The fourth-order valence-electron chi connectivity index (χ4n) is 2.60. The minimum atomic E-state index is -0.619. The molecular formula is C18H27NO2. The first-order chi connectivity index (χ1) is 10.1. The first-order valence-corrected chi connectivity index (χ1v) is 7.35. The van der Waals surface area contributed by atoms with Crippen molar-refractivity contribution in [1.82, 2.24) is 4.90 Å². The van der Waals surface area contributed by atoms with Crippen LogP contribution in [0.5, 0.6) is 0 Å². The summed E-state index contributed by atoms with van der Waals surface area (Å²) in [5.41, 5.74) is 0.473. The molecule has 1 aromatic rings. The van der Waals surface area contributed by atoms with Crippen molar-refractivity contribution in [2.75, 3.05) is 26.3 Å². The standard InChI is InChI=1S/C18H27NO2/c1-4-6-13-19(12-5-2)17(18(3,14-20)15-21)16-10-8-7-9-11-16/h4-11,17,20-21H,2,12-15H2,1,3H3. The fourth-order valence-corrected chi connectivity index (χ4v) is 2.60. The van der Waals surface area contributed by atoms with Gasteiger partial charge in [-0.15, -0.1) is 6.58 Å². The number of benzene rings is 1. The molecule has 1 rings (SSSR count). The van der Waals surface area contributed by atoms with E-state index in [0.29, 0.717) is 6.54 Å². The molecule has 1 atom stereocenters. The minimum absolute atomic E-state index is 0.0768. The van der Waals surface area contributed by atoms with Crippen LogP contribution in [0.25, 0.3) is 0 Å². The summed E-state index contributed by atoms with van der Waals surface area (Å²) in [6.45, 7) is 9.02. The number of nitrogens with zero attached hydrogens (tertiary/aromatic N) is 1. The molecule has 0 amide bonds. The second-order valence-electron chi connectivity index (χ2n) is 5.60. The van der Waals surface area contributed by atoms with E-state index < -0.39 is 5.41 Å². The number of allylic oxidation sites excluding steroid dienone is 1. The molecule has 0 heterocycles. The summed E-state index contributed by atoms with van der Waals surface area (Å²) in [4.78, 5) is 2.22. The molecule has 0 saturated carbocycles. The van der Waals surface area contributed by atoms with E-state index in [-0.39, 0.29) is 19.3 Å². The third-order valence-electron chi connectivity index (χ3n) is 3.80. The monoisotopic (exact) mass is 289 g/mol. The van der Waals surface area contributed by atoms with Crippen LogP contribution in [0.3, 0.4) is 0 Å². The van der Waals surface area contributed by atoms with Gasteiger partial charge >= 0.3 is 0 Å². The number of aliphatic hydroxyl groups excluding tert-OH is 2. The maximum atomic E-state index is 9.83. The fraction of sp³-hybridized carbons (Fsp3) is 0.444. The second kappa shape index (κ2) is 8.78. The Morgan fingerprint density at radius 1 is 1.19 bits per heavy atom. The normalized spacial score (nSPS) is 13.8. The second-order valence-corrected chi connectivity index (χ2v) is 5.60. The van der Waals surface area contributed by atoms with Crippen molar-refractivity contribution in [3.63, 3.8) is 0 Å². The lowest BCUT2D eigenvalue weighted by molar-refractivity contribution is -0.00886. The maximum absolute atomic E-state index is 9.83. The number of aliphatic hydroxyl groups is 2. The first-order valence-electron chi connectivity index (χ1n) is 7.35. The maximum Gasteiger partial charge on any atom is 0.0525 e. The van der Waals surface area contributed by atoms with Crippen LogP contribution in [-0.4, -0.2) is 41.4 Å². The summed E-state index contributed by atoms with van der Waals surface area (Å²) in [6, 6.07) is 9.95. The van der Waals surface area contributed by atoms with Gasteiger partial charge in [0.05, 0.1) is 13.2 Å². The molecule has 0 fully saturated rings. The summed E-state index contributed by atoms with van der Waals surface area (Å²) in [5, 5.41) is 19.7. The predicted molar refractivity (Wildman–Crippen MR) is 88.0 cm³/mol. The van der Waals surface area contributed by atoms with E-state index in [2.05, 4.69) is 17.6 Å². The smallest absolute Gasteiger partial charge is 0.0525 e. The van der Waals surface area contributed by atoms with E-state index >= 15 is 0 Å². The Morgan fingerprint density at radius 2 is 1.81 bits per heavy atom. The van der Waals surface area contributed by atoms with Gasteiger partial charge in [-0.1, -0.05) is 55.5 Å². The quantitative estimate of drug-likeness (QED) is 0.687. The average molecular weight is 289 g/mol. The third kappa shape index (κ3) is 4.53. The Balaban J connectivity index is 3.24. The van der Waals surface area contributed by atoms with E-state index in [0.717, 1.165) is 12.1 Å². The molecule has 0 aromatic heterocycles. The largest absolute Gasteiger partial charge is 0.396 e. The Morgan fingerprint density at radius 3 is 2.29 bits per heavy atom. The Hall–Kier alpha value is -1.42. The zero-order valence-electron chi connectivity index (χ0n) is 13.1. The van der Waals surface area contributed by atoms with Gasteiger partial charge in [0.25, 0.3) is 0 Å². The van der Waals surface area contributed by atoms with Crippen molar-refractivity contribution in [1.29, 1.82) is 0 Å². The highest BCUT2D eigenvalue weighted by molar-refractivity contribution is 5.22. The Labute approximate surface area is 128 Å². The topological polar surface area (TPSA) is 43.7 Å². The van der Waals surface area contributed by atoms with E-state index in [1.165, 1.54) is 0 Å². The van der Waals surface area contributed by atoms with Crippen LogP contribution in [-0.2, 0) is 0 Å². The summed E-state index contributed by atoms with van der Waals surface area (Å²) in [6.07, 6.45) is 5.94. The molecule has 0 aliphatic heterocycles. The van der Waals surface area contributed by atoms with Crippen molar-refractivity contribution in [3.05, 3.63) is 60.7 Å². The molecule has 0 saturated heterocycles. The van der Waals surface area contributed by atoms with Crippen LogP contribution in [0.4, 0.5) is 0 Å². The predicted octanol–water partition coefficient (Wildman–Crippen LogP) is 2.78. The van der Waals surface area contributed by atoms with Crippen molar-refractivity contribution < 1.29 is 10.2 Å². The van der Waals surface area contributed by atoms with Crippen LogP contribution in [0, 0.1) is 5.41 Å². The van der Waals surface area contributed by atoms with E-state index in [9.17, 15) is 10.2 Å². The van der Waals surface area contributed by atoms with Crippen molar-refractivity contribution in [2.24, 2.45) is 5.41 Å². The van der Waals surface area contributed by atoms with Crippen molar-refractivity contribution >= 4 is 0 Å². The average Bonchev–Trinajstić information content (AvgIpc) is 2.53. The zero-order chi connectivity index (χ0) is 15.7. The van der Waals surface area contributed by atoms with Crippen LogP contribution >= 0.6 is 0 Å². The highest BCUT2D eigenvalue weighted by Gasteiger charge is 2.37. The van der Waals surface area contributed by atoms with Gasteiger partial charge in [-0.25, -0.2) is 0 Å². The summed E-state index contributed by atoms with van der Waals surface area (Å²) in [5.74, 6) is 0.